The Balaban J connectivity index is 3.07. The van der Waals surface area contributed by atoms with E-state index in [2.05, 4.69) is 26.6 Å². The third-order valence-electron chi connectivity index (χ3n) is 7.90. The minimum absolute atomic E-state index is 0.0725. The molecule has 1 unspecified atom stereocenters. The number of nitrogens with one attached hydrogen (secondary N) is 5. The van der Waals surface area contributed by atoms with E-state index in [1.165, 1.54) is 31.2 Å². The molecule has 0 aromatic heterocycles. The van der Waals surface area contributed by atoms with Crippen molar-refractivity contribution in [2.45, 2.75) is 111 Å². The van der Waals surface area contributed by atoms with E-state index >= 15 is 0 Å². The molecule has 0 saturated heterocycles. The first-order valence-corrected chi connectivity index (χ1v) is 16.2. The molecule has 1 rings (SSSR count). The number of amides is 5. The monoisotopic (exact) mass is 664 g/mol. The van der Waals surface area contributed by atoms with Gasteiger partial charge in [-0.1, -0.05) is 60.1 Å². The molecule has 13 nitrogen and oxygen atoms in total. The van der Waals surface area contributed by atoms with Crippen molar-refractivity contribution in [1.29, 1.82) is 0 Å². The van der Waals surface area contributed by atoms with Gasteiger partial charge in [0, 0.05) is 0 Å². The van der Waals surface area contributed by atoms with Gasteiger partial charge in [0.05, 0.1) is 6.42 Å². The molecule has 1 aromatic rings. The van der Waals surface area contributed by atoms with Crippen LogP contribution in [0, 0.1) is 23.6 Å². The molecule has 0 aliphatic heterocycles. The van der Waals surface area contributed by atoms with E-state index in [1.807, 2.05) is 6.92 Å². The highest BCUT2D eigenvalue weighted by atomic mass is 19.1. The number of nitrogens with two attached hydrogens (primary N) is 1. The van der Waals surface area contributed by atoms with Gasteiger partial charge in [-0.3, -0.25) is 24.0 Å². The summed E-state index contributed by atoms with van der Waals surface area (Å²) >= 11 is 0. The standard InChI is InChI=1S/C33H53FN6O7/c1-8-20(6)28(38-25(41)17-22-12-14-23(34)15-13-22)32(45)37-24(11-9-10-16-35)30(43)39-26(18(2)3)31(44)36-21(7)29(42)40-27(19(4)5)33(46)47/h12-15,18-21,24,26-28H,8-11,16-17,35H2,1-7H3,(H,36,44)(H,37,45)(H,38,41)(H,39,43)(H,40,42)(H,46,47)/t20?,21-,24-,26-,27-,28-/m0/s1. The quantitative estimate of drug-likeness (QED) is 0.101. The van der Waals surface area contributed by atoms with Crippen molar-refractivity contribution in [2.75, 3.05) is 6.54 Å². The first kappa shape index (κ1) is 41.0. The molecule has 0 heterocycles. The van der Waals surface area contributed by atoms with Gasteiger partial charge in [0.25, 0.3) is 0 Å². The van der Waals surface area contributed by atoms with Crippen LogP contribution in [0.4, 0.5) is 4.39 Å². The summed E-state index contributed by atoms with van der Waals surface area (Å²) in [6, 6.07) is 0.0851. The van der Waals surface area contributed by atoms with E-state index in [9.17, 15) is 38.3 Å². The van der Waals surface area contributed by atoms with Gasteiger partial charge >= 0.3 is 5.97 Å². The summed E-state index contributed by atoms with van der Waals surface area (Å²) in [5.41, 5.74) is 6.21. The molecule has 0 saturated carbocycles. The van der Waals surface area contributed by atoms with Crippen molar-refractivity contribution >= 4 is 35.5 Å². The smallest absolute Gasteiger partial charge is 0.326 e. The summed E-state index contributed by atoms with van der Waals surface area (Å²) in [5.74, 6) is -5.75. The van der Waals surface area contributed by atoms with Crippen LogP contribution in [0.15, 0.2) is 24.3 Å². The second-order valence-corrected chi connectivity index (χ2v) is 12.6. The van der Waals surface area contributed by atoms with Crippen molar-refractivity contribution < 1.29 is 38.3 Å². The number of carbonyl (C=O) groups excluding carboxylic acids is 5. The zero-order valence-electron chi connectivity index (χ0n) is 28.5. The highest BCUT2D eigenvalue weighted by Gasteiger charge is 2.34. The Morgan fingerprint density at radius 3 is 1.79 bits per heavy atom. The molecule has 0 radical (unpaired) electrons. The van der Waals surface area contributed by atoms with E-state index in [1.54, 1.807) is 34.6 Å². The maximum Gasteiger partial charge on any atom is 0.326 e. The molecular weight excluding hydrogens is 611 g/mol. The second-order valence-electron chi connectivity index (χ2n) is 12.6. The average molecular weight is 665 g/mol. The Bertz CT molecular complexity index is 1210. The molecule has 0 fully saturated rings. The van der Waals surface area contributed by atoms with Gasteiger partial charge in [-0.2, -0.15) is 0 Å². The predicted octanol–water partition coefficient (Wildman–Crippen LogP) is 1.38. The fraction of sp³-hybridized carbons (Fsp3) is 0.636. The van der Waals surface area contributed by atoms with E-state index in [0.29, 0.717) is 31.4 Å². The number of hydrogen-bond donors (Lipinski definition) is 7. The SMILES string of the molecule is CCC(C)[C@H](NC(=O)Cc1ccc(F)cc1)C(=O)N[C@@H](CCCCN)C(=O)N[C@H](C(=O)N[C@@H](C)C(=O)N[C@H](C(=O)O)C(C)C)C(C)C. The predicted molar refractivity (Wildman–Crippen MR) is 175 cm³/mol. The Morgan fingerprint density at radius 1 is 0.723 bits per heavy atom. The molecule has 5 amide bonds. The molecule has 0 aliphatic carbocycles. The van der Waals surface area contributed by atoms with Crippen molar-refractivity contribution in [3.05, 3.63) is 35.6 Å². The fourth-order valence-corrected chi connectivity index (χ4v) is 4.69. The number of hydrogen-bond acceptors (Lipinski definition) is 7. The van der Waals surface area contributed by atoms with Crippen LogP contribution in [0.2, 0.25) is 0 Å². The number of halogens is 1. The van der Waals surface area contributed by atoms with Crippen LogP contribution in [0.25, 0.3) is 0 Å². The van der Waals surface area contributed by atoms with Gasteiger partial charge in [0.15, 0.2) is 0 Å². The summed E-state index contributed by atoms with van der Waals surface area (Å²) in [7, 11) is 0. The Labute approximate surface area is 276 Å². The highest BCUT2D eigenvalue weighted by molar-refractivity contribution is 5.96. The Kier molecular flexibility index (Phi) is 17.6. The molecule has 0 bridgehead atoms. The summed E-state index contributed by atoms with van der Waals surface area (Å²) < 4.78 is 13.3. The number of carbonyl (C=O) groups is 6. The van der Waals surface area contributed by atoms with Crippen LogP contribution in [0.5, 0.6) is 0 Å². The maximum atomic E-state index is 13.6. The van der Waals surface area contributed by atoms with Gasteiger partial charge in [-0.05, 0) is 68.2 Å². The summed E-state index contributed by atoms with van der Waals surface area (Å²) in [4.78, 5) is 77.3. The van der Waals surface area contributed by atoms with Crippen LogP contribution < -0.4 is 32.3 Å². The molecule has 0 aliphatic rings. The number of rotatable bonds is 20. The van der Waals surface area contributed by atoms with Crippen LogP contribution in [-0.4, -0.2) is 77.4 Å². The zero-order valence-corrected chi connectivity index (χ0v) is 28.5. The minimum atomic E-state index is -1.20. The molecular formula is C33H53FN6O7. The minimum Gasteiger partial charge on any atom is -0.480 e. The lowest BCUT2D eigenvalue weighted by molar-refractivity contribution is -0.143. The normalized spacial score (nSPS) is 15.0. The Morgan fingerprint density at radius 2 is 1.28 bits per heavy atom. The van der Waals surface area contributed by atoms with Crippen LogP contribution in [-0.2, 0) is 35.2 Å². The number of carboxylic acids is 1. The van der Waals surface area contributed by atoms with Gasteiger partial charge in [-0.25, -0.2) is 9.18 Å². The van der Waals surface area contributed by atoms with E-state index in [4.69, 9.17) is 5.73 Å². The average Bonchev–Trinajstić information content (AvgIpc) is 3.00. The van der Waals surface area contributed by atoms with Gasteiger partial charge in [-0.15, -0.1) is 0 Å². The van der Waals surface area contributed by atoms with Crippen LogP contribution in [0.1, 0.15) is 79.7 Å². The van der Waals surface area contributed by atoms with E-state index in [0.717, 1.165) is 0 Å². The number of unbranched alkanes of at least 4 members (excludes halogenated alkanes) is 1. The molecule has 1 aromatic carbocycles. The lowest BCUT2D eigenvalue weighted by Crippen LogP contribution is -2.60. The highest BCUT2D eigenvalue weighted by Crippen LogP contribution is 2.12. The molecule has 0 spiro atoms. The summed E-state index contributed by atoms with van der Waals surface area (Å²) in [6.07, 6.45) is 1.76. The van der Waals surface area contributed by atoms with Gasteiger partial charge < -0.3 is 37.4 Å². The van der Waals surface area contributed by atoms with Crippen LogP contribution in [0.3, 0.4) is 0 Å². The molecule has 47 heavy (non-hydrogen) atoms. The summed E-state index contributed by atoms with van der Waals surface area (Å²) in [5, 5.41) is 22.5. The van der Waals surface area contributed by atoms with Crippen LogP contribution >= 0.6 is 0 Å². The summed E-state index contributed by atoms with van der Waals surface area (Å²) in [6.45, 7) is 12.1. The molecule has 14 heteroatoms. The largest absolute Gasteiger partial charge is 0.480 e. The lowest BCUT2D eigenvalue weighted by Gasteiger charge is -2.29. The van der Waals surface area contributed by atoms with E-state index in [-0.39, 0.29) is 18.8 Å². The maximum absolute atomic E-state index is 13.6. The van der Waals surface area contributed by atoms with Crippen molar-refractivity contribution in [2.24, 2.45) is 23.5 Å². The topological polar surface area (TPSA) is 209 Å². The van der Waals surface area contributed by atoms with Crippen molar-refractivity contribution in [3.8, 4) is 0 Å². The van der Waals surface area contributed by atoms with Gasteiger partial charge in [0.2, 0.25) is 29.5 Å². The zero-order chi connectivity index (χ0) is 35.8. The first-order valence-electron chi connectivity index (χ1n) is 16.2. The number of aliphatic carboxylic acids is 1. The third-order valence-corrected chi connectivity index (χ3v) is 7.90. The molecule has 8 N–H and O–H groups in total. The van der Waals surface area contributed by atoms with E-state index < -0.39 is 83.4 Å². The number of carboxylic acid groups (broad SMARTS) is 1. The molecule has 6 atom stereocenters. The molecule has 264 valence electrons. The van der Waals surface area contributed by atoms with Crippen molar-refractivity contribution in [1.82, 2.24) is 26.6 Å². The lowest BCUT2D eigenvalue weighted by atomic mass is 9.96. The first-order chi connectivity index (χ1) is 22.0. The van der Waals surface area contributed by atoms with Crippen molar-refractivity contribution in [3.63, 3.8) is 0 Å². The Hall–Kier alpha value is -4.07. The van der Waals surface area contributed by atoms with Gasteiger partial charge in [0.1, 0.15) is 36.0 Å². The third kappa shape index (κ3) is 14.1. The number of benzene rings is 1. The fourth-order valence-electron chi connectivity index (χ4n) is 4.69. The second kappa shape index (κ2) is 20.2.